The number of carboxylic acids is 1. The first-order chi connectivity index (χ1) is 48.1. The smallest absolute Gasteiger partial charge is 0.407 e. The molecule has 5 rings (SSSR count). The number of carbonyl (C=O) groups excluding carboxylic acids is 7. The van der Waals surface area contributed by atoms with E-state index < -0.39 is 35.5 Å². The van der Waals surface area contributed by atoms with Crippen LogP contribution in [0.25, 0.3) is 0 Å². The van der Waals surface area contributed by atoms with E-state index in [-0.39, 0.29) is 72.0 Å². The van der Waals surface area contributed by atoms with Crippen LogP contribution >= 0.6 is 68.6 Å². The van der Waals surface area contributed by atoms with Crippen LogP contribution in [0.5, 0.6) is 0 Å². The zero-order valence-electron chi connectivity index (χ0n) is 63.1. The van der Waals surface area contributed by atoms with Gasteiger partial charge in [-0.3, -0.25) is 24.0 Å². The van der Waals surface area contributed by atoms with Gasteiger partial charge in [0.2, 0.25) is 23.6 Å². The highest BCUT2D eigenvalue weighted by atomic mass is 33.1. The van der Waals surface area contributed by atoms with E-state index in [9.17, 15) is 38.4 Å². The van der Waals surface area contributed by atoms with Gasteiger partial charge < -0.3 is 79.5 Å². The third kappa shape index (κ3) is 49.0. The lowest BCUT2D eigenvalue weighted by Crippen LogP contribution is -2.44. The second kappa shape index (κ2) is 57.2. The van der Waals surface area contributed by atoms with Gasteiger partial charge in [-0.1, -0.05) is 133 Å². The summed E-state index contributed by atoms with van der Waals surface area (Å²) in [4.78, 5) is 96.6. The number of carboxylic acid groups (broad SMARTS) is 1. The lowest BCUT2D eigenvalue weighted by molar-refractivity contribution is -0.140. The number of thioether (sulfide) groups is 4. The second-order valence-corrected chi connectivity index (χ2v) is 38.1. The van der Waals surface area contributed by atoms with Crippen LogP contribution in [-0.4, -0.2) is 187 Å². The third-order valence-corrected chi connectivity index (χ3v) is 26.2. The number of hydrogen-bond donors (Lipinski definition) is 12. The molecule has 0 aromatic rings. The molecular formula is C74H145N11O12S6. The predicted octanol–water partition coefficient (Wildman–Crippen LogP) is 13.3. The maximum atomic E-state index is 12.8. The minimum atomic E-state index is -0.798. The Balaban J connectivity index is 0.00000151. The lowest BCUT2D eigenvalue weighted by atomic mass is 9.71. The Labute approximate surface area is 647 Å². The maximum absolute atomic E-state index is 12.8. The fraction of sp³-hybridized carbons (Fsp3) is 0.892. The summed E-state index contributed by atoms with van der Waals surface area (Å²) in [7, 11) is 3.58. The van der Waals surface area contributed by atoms with E-state index in [0.717, 1.165) is 167 Å². The first-order valence-electron chi connectivity index (χ1n) is 37.6. The Morgan fingerprint density at radius 1 is 0.369 bits per heavy atom. The molecule has 0 atom stereocenters. The molecule has 0 spiro atoms. The Hall–Kier alpha value is -2.90. The molecule has 0 aliphatic heterocycles. The van der Waals surface area contributed by atoms with Crippen LogP contribution in [0.15, 0.2) is 0 Å². The second-order valence-electron chi connectivity index (χ2n) is 30.3. The van der Waals surface area contributed by atoms with Gasteiger partial charge in [0.25, 0.3) is 0 Å². The van der Waals surface area contributed by atoms with E-state index in [4.69, 9.17) is 42.3 Å². The fourth-order valence-corrected chi connectivity index (χ4v) is 19.3. The van der Waals surface area contributed by atoms with E-state index in [1.54, 1.807) is 72.8 Å². The predicted molar refractivity (Wildman–Crippen MR) is 438 cm³/mol. The number of rotatable bonds is 40. The minimum absolute atomic E-state index is 0. The highest BCUT2D eigenvalue weighted by Crippen LogP contribution is 2.43. The van der Waals surface area contributed by atoms with E-state index in [0.29, 0.717) is 91.2 Å². The zero-order valence-corrected chi connectivity index (χ0v) is 68.0. The normalized spacial score (nSPS) is 17.7. The van der Waals surface area contributed by atoms with Gasteiger partial charge >= 0.3 is 24.2 Å². The summed E-state index contributed by atoms with van der Waals surface area (Å²) in [5, 5.41) is 31.6. The van der Waals surface area contributed by atoms with Crippen LogP contribution in [-0.2, 0) is 38.2 Å². The Morgan fingerprint density at radius 2 is 0.621 bits per heavy atom. The number of nitrogens with one attached hydrogen (secondary N) is 7. The number of aliphatic carboxylic acids is 1. The summed E-state index contributed by atoms with van der Waals surface area (Å²) >= 11 is 7.20. The van der Waals surface area contributed by atoms with Crippen molar-refractivity contribution in [3.63, 3.8) is 0 Å². The van der Waals surface area contributed by atoms with Crippen LogP contribution in [0, 0.1) is 27.1 Å². The van der Waals surface area contributed by atoms with Gasteiger partial charge in [0, 0.05) is 129 Å². The van der Waals surface area contributed by atoms with E-state index in [1.165, 1.54) is 51.4 Å². The van der Waals surface area contributed by atoms with Crippen molar-refractivity contribution in [2.75, 3.05) is 123 Å². The number of nitrogens with two attached hydrogens (primary N) is 4. The highest BCUT2D eigenvalue weighted by Gasteiger charge is 2.39. The van der Waals surface area contributed by atoms with Gasteiger partial charge in [0.15, 0.2) is 0 Å². The summed E-state index contributed by atoms with van der Waals surface area (Å²) in [5.74, 6) is 5.13. The number of amides is 7. The Morgan fingerprint density at radius 3 is 0.864 bits per heavy atom. The van der Waals surface area contributed by atoms with Gasteiger partial charge in [0.1, 0.15) is 11.2 Å². The number of hydrogen-bond acceptors (Lipinski definition) is 21. The van der Waals surface area contributed by atoms with Crippen molar-refractivity contribution >= 4 is 117 Å². The van der Waals surface area contributed by atoms with Gasteiger partial charge in [-0.05, 0) is 153 Å². The molecule has 0 aromatic carbocycles. The molecule has 7 amide bonds. The molecule has 0 saturated heterocycles. The summed E-state index contributed by atoms with van der Waals surface area (Å²) in [6.45, 7) is 19.8. The average molecular weight is 1570 g/mol. The van der Waals surface area contributed by atoms with Crippen LogP contribution < -0.4 is 60.2 Å². The Bertz CT molecular complexity index is 2260. The SMILES string of the molecule is C.C.CC(C)(C)OC(=O)NCC1(CC(=O)O)CCCCC1.CCOC(=O)NCC1(CC(=O)NCCSCSCCNC(=O)CC2(CNC(=O)OC(C)(C)C)CCCCC2)CCCCC1.NCC1(CC(=O)NCCSCSCCNC(=O)CC2(CN)CCCCC2)CCCCC1.NCCSSCCN. The molecule has 0 aromatic heterocycles. The molecule has 0 bridgehead atoms. The summed E-state index contributed by atoms with van der Waals surface area (Å²) < 4.78 is 15.6. The van der Waals surface area contributed by atoms with Crippen molar-refractivity contribution in [3.8, 4) is 0 Å². The molecular weight excluding hydrogens is 1430 g/mol. The molecule has 604 valence electrons. The third-order valence-electron chi connectivity index (χ3n) is 19.1. The summed E-state index contributed by atoms with van der Waals surface area (Å²) in [5.41, 5.74) is 20.8. The quantitative estimate of drug-likeness (QED) is 0.0117. The summed E-state index contributed by atoms with van der Waals surface area (Å²) in [6.07, 6.45) is 27.8. The first kappa shape index (κ1) is 100. The molecule has 5 aliphatic rings. The monoisotopic (exact) mass is 1570 g/mol. The molecule has 0 unspecified atom stereocenters. The molecule has 0 heterocycles. The lowest BCUT2D eigenvalue weighted by Gasteiger charge is -2.37. The van der Waals surface area contributed by atoms with Gasteiger partial charge in [-0.2, -0.15) is 0 Å². The minimum Gasteiger partial charge on any atom is -0.481 e. The first-order valence-corrected chi connectivity index (χ1v) is 44.7. The highest BCUT2D eigenvalue weighted by molar-refractivity contribution is 8.76. The van der Waals surface area contributed by atoms with Crippen molar-refractivity contribution in [3.05, 3.63) is 0 Å². The van der Waals surface area contributed by atoms with Gasteiger partial charge in [-0.25, -0.2) is 14.4 Å². The molecule has 5 saturated carbocycles. The standard InChI is InChI=1S/C31H56N4O6S2.C23H44N4O2S2.C14H25NO4.C4H12N2S2.2CH4/c1-5-40-27(38)34-22-30(12-8-6-9-13-30)20-25(36)32-16-18-42-24-43-19-17-33-26(37)21-31(14-10-7-11-15-31)23-35-28(39)41-29(2,3)4;24-17-22(7-3-1-4-8-22)15-20(28)26-11-13-30-19-31-14-12-27-21(29)16-23(18-25)9-5-2-6-10-23;1-13(2,3)19-12(18)15-10-14(9-11(16)17)7-5-4-6-8-14;5-1-3-7-8-4-2-6;;/h5-24H2,1-4H3,(H,32,36)(H,33,37)(H,34,38)(H,35,39);1-19,24-25H2,(H,26,28)(H,27,29);4-10H2,1-3H3,(H,15,18)(H,16,17);1-6H2;2*1H4. The van der Waals surface area contributed by atoms with Crippen LogP contribution in [0.1, 0.15) is 256 Å². The number of alkyl carbamates (subject to hydrolysis) is 3. The number of carbonyl (C=O) groups is 8. The molecule has 5 aliphatic carbocycles. The maximum Gasteiger partial charge on any atom is 0.407 e. The van der Waals surface area contributed by atoms with Gasteiger partial charge in [0.05, 0.1) is 13.0 Å². The van der Waals surface area contributed by atoms with Crippen molar-refractivity contribution in [1.29, 1.82) is 0 Å². The van der Waals surface area contributed by atoms with Crippen LogP contribution in [0.3, 0.4) is 0 Å². The molecule has 5 fully saturated rings. The molecule has 29 heteroatoms. The van der Waals surface area contributed by atoms with Crippen molar-refractivity contribution in [1.82, 2.24) is 37.2 Å². The molecule has 16 N–H and O–H groups in total. The summed E-state index contributed by atoms with van der Waals surface area (Å²) in [6, 6.07) is 0. The van der Waals surface area contributed by atoms with Crippen LogP contribution in [0.4, 0.5) is 14.4 Å². The van der Waals surface area contributed by atoms with Crippen LogP contribution in [0.2, 0.25) is 0 Å². The zero-order chi connectivity index (χ0) is 74.8. The topological polar surface area (TPSA) is 373 Å². The van der Waals surface area contributed by atoms with E-state index >= 15 is 0 Å². The number of ether oxygens (including phenoxy) is 3. The van der Waals surface area contributed by atoms with E-state index in [1.807, 2.05) is 44.3 Å². The fourth-order valence-electron chi connectivity index (χ4n) is 13.8. The van der Waals surface area contributed by atoms with E-state index in [2.05, 4.69) is 37.2 Å². The largest absolute Gasteiger partial charge is 0.481 e. The van der Waals surface area contributed by atoms with Crippen molar-refractivity contribution in [2.24, 2.45) is 50.0 Å². The van der Waals surface area contributed by atoms with Crippen molar-refractivity contribution in [2.45, 2.75) is 267 Å². The Kier molecular flexibility index (Phi) is 55.6. The molecule has 0 radical (unpaired) electrons. The molecule has 23 nitrogen and oxygen atoms in total. The average Bonchev–Trinajstić information content (AvgIpc) is 0.871. The van der Waals surface area contributed by atoms with Gasteiger partial charge in [-0.15, -0.1) is 47.0 Å². The molecule has 103 heavy (non-hydrogen) atoms. The van der Waals surface area contributed by atoms with Crippen molar-refractivity contribution < 1.29 is 57.7 Å².